The zero-order valence-corrected chi connectivity index (χ0v) is 18.1. The summed E-state index contributed by atoms with van der Waals surface area (Å²) in [5, 5.41) is 7.47. The number of likely N-dealkylation sites (tertiary alicyclic amines) is 1. The molecule has 0 saturated carbocycles. The molecule has 1 aromatic carbocycles. The maximum atomic E-state index is 13.1. The Morgan fingerprint density at radius 3 is 2.71 bits per heavy atom. The van der Waals surface area contributed by atoms with Gasteiger partial charge in [0.2, 0.25) is 11.8 Å². The maximum Gasteiger partial charge on any atom is 0.241 e. The molecule has 1 saturated heterocycles. The van der Waals surface area contributed by atoms with Crippen LogP contribution in [-0.4, -0.2) is 38.2 Å². The molecule has 1 aliphatic heterocycles. The fraction of sp³-hybridized carbons (Fsp3) is 0.375. The van der Waals surface area contributed by atoms with Crippen molar-refractivity contribution in [3.05, 3.63) is 66.1 Å². The van der Waals surface area contributed by atoms with Crippen LogP contribution in [0.15, 0.2) is 54.9 Å². The van der Waals surface area contributed by atoms with Crippen molar-refractivity contribution >= 4 is 11.6 Å². The highest BCUT2D eigenvalue weighted by Crippen LogP contribution is 2.24. The van der Waals surface area contributed by atoms with E-state index in [2.05, 4.69) is 34.1 Å². The Hall–Kier alpha value is -3.19. The first-order valence-electron chi connectivity index (χ1n) is 10.9. The van der Waals surface area contributed by atoms with E-state index in [-0.39, 0.29) is 11.9 Å². The van der Waals surface area contributed by atoms with Crippen LogP contribution in [-0.2, 0) is 17.9 Å². The average Bonchev–Trinajstić information content (AvgIpc) is 3.15. The van der Waals surface area contributed by atoms with Crippen molar-refractivity contribution in [3.63, 3.8) is 0 Å². The first-order valence-corrected chi connectivity index (χ1v) is 10.9. The van der Waals surface area contributed by atoms with Gasteiger partial charge in [-0.25, -0.2) is 4.98 Å². The smallest absolute Gasteiger partial charge is 0.241 e. The van der Waals surface area contributed by atoms with Gasteiger partial charge in [-0.1, -0.05) is 24.6 Å². The summed E-state index contributed by atoms with van der Waals surface area (Å²) in [6.07, 6.45) is 6.59. The number of benzene rings is 1. The van der Waals surface area contributed by atoms with Crippen LogP contribution in [0.3, 0.4) is 0 Å². The number of pyridine rings is 1. The van der Waals surface area contributed by atoms with E-state index in [4.69, 9.17) is 4.74 Å². The van der Waals surface area contributed by atoms with E-state index in [1.165, 1.54) is 11.3 Å². The number of anilines is 1. The summed E-state index contributed by atoms with van der Waals surface area (Å²) >= 11 is 0. The number of aromatic nitrogens is 3. The third-order valence-corrected chi connectivity index (χ3v) is 5.76. The van der Waals surface area contributed by atoms with E-state index in [0.717, 1.165) is 44.6 Å². The first kappa shape index (κ1) is 21.1. The van der Waals surface area contributed by atoms with Crippen molar-refractivity contribution in [2.24, 2.45) is 0 Å². The molecule has 0 aliphatic carbocycles. The summed E-state index contributed by atoms with van der Waals surface area (Å²) in [6.45, 7) is 6.69. The summed E-state index contributed by atoms with van der Waals surface area (Å²) in [7, 11) is 0. The number of carbonyl (C=O) groups excluding carboxylic acids is 1. The van der Waals surface area contributed by atoms with E-state index in [9.17, 15) is 4.79 Å². The van der Waals surface area contributed by atoms with E-state index in [0.29, 0.717) is 11.6 Å². The SMILES string of the molecule is CCn1ncc(CN2CCCC[C@H]2C(=O)Nc2ccc(Oc3ccccc3)nc2)c1C. The van der Waals surface area contributed by atoms with Crippen LogP contribution in [0.5, 0.6) is 11.6 Å². The van der Waals surface area contributed by atoms with Gasteiger partial charge in [0.15, 0.2) is 0 Å². The number of rotatable bonds is 7. The predicted octanol–water partition coefficient (Wildman–Crippen LogP) is 4.39. The monoisotopic (exact) mass is 419 g/mol. The number of ether oxygens (including phenoxy) is 1. The van der Waals surface area contributed by atoms with Gasteiger partial charge in [-0.15, -0.1) is 0 Å². The minimum atomic E-state index is -0.154. The molecule has 1 aliphatic rings. The number of carbonyl (C=O) groups is 1. The molecular weight excluding hydrogens is 390 g/mol. The van der Waals surface area contributed by atoms with Gasteiger partial charge >= 0.3 is 0 Å². The van der Waals surface area contributed by atoms with Crippen LogP contribution >= 0.6 is 0 Å². The van der Waals surface area contributed by atoms with Crippen molar-refractivity contribution in [1.82, 2.24) is 19.7 Å². The van der Waals surface area contributed by atoms with E-state index < -0.39 is 0 Å². The molecule has 3 aromatic rings. The molecule has 2 aromatic heterocycles. The van der Waals surface area contributed by atoms with E-state index in [1.807, 2.05) is 47.3 Å². The summed E-state index contributed by atoms with van der Waals surface area (Å²) in [6, 6.07) is 12.9. The average molecular weight is 420 g/mol. The van der Waals surface area contributed by atoms with Crippen LogP contribution in [0.25, 0.3) is 0 Å². The Bertz CT molecular complexity index is 1000. The second-order valence-electron chi connectivity index (χ2n) is 7.84. The Morgan fingerprint density at radius 2 is 2.00 bits per heavy atom. The zero-order chi connectivity index (χ0) is 21.6. The molecule has 0 spiro atoms. The molecule has 0 unspecified atom stereocenters. The third-order valence-electron chi connectivity index (χ3n) is 5.76. The second kappa shape index (κ2) is 9.75. The molecule has 1 atom stereocenters. The van der Waals surface area contributed by atoms with Crippen molar-refractivity contribution in [2.75, 3.05) is 11.9 Å². The fourth-order valence-electron chi connectivity index (χ4n) is 4.00. The second-order valence-corrected chi connectivity index (χ2v) is 7.84. The summed E-state index contributed by atoms with van der Waals surface area (Å²) in [5.41, 5.74) is 3.03. The normalized spacial score (nSPS) is 16.8. The lowest BCUT2D eigenvalue weighted by Gasteiger charge is -2.34. The van der Waals surface area contributed by atoms with Crippen LogP contribution in [0.4, 0.5) is 5.69 Å². The largest absolute Gasteiger partial charge is 0.439 e. The topological polar surface area (TPSA) is 72.3 Å². The Balaban J connectivity index is 1.39. The van der Waals surface area contributed by atoms with Crippen molar-refractivity contribution < 1.29 is 9.53 Å². The van der Waals surface area contributed by atoms with E-state index in [1.54, 1.807) is 12.3 Å². The molecule has 162 valence electrons. The van der Waals surface area contributed by atoms with Crippen molar-refractivity contribution in [2.45, 2.75) is 52.2 Å². The molecule has 0 bridgehead atoms. The van der Waals surface area contributed by atoms with Gasteiger partial charge in [-0.3, -0.25) is 14.4 Å². The molecule has 1 amide bonds. The molecule has 7 nitrogen and oxygen atoms in total. The van der Waals surface area contributed by atoms with Gasteiger partial charge in [0, 0.05) is 30.4 Å². The van der Waals surface area contributed by atoms with Gasteiger partial charge in [0.05, 0.1) is 24.1 Å². The highest BCUT2D eigenvalue weighted by Gasteiger charge is 2.29. The van der Waals surface area contributed by atoms with Crippen molar-refractivity contribution in [1.29, 1.82) is 0 Å². The molecule has 0 radical (unpaired) electrons. The lowest BCUT2D eigenvalue weighted by atomic mass is 10.0. The number of amides is 1. The Morgan fingerprint density at radius 1 is 1.16 bits per heavy atom. The minimum Gasteiger partial charge on any atom is -0.439 e. The summed E-state index contributed by atoms with van der Waals surface area (Å²) < 4.78 is 7.72. The summed E-state index contributed by atoms with van der Waals surface area (Å²) in [4.78, 5) is 19.6. The minimum absolute atomic E-state index is 0.0127. The molecule has 3 heterocycles. The van der Waals surface area contributed by atoms with Crippen LogP contribution in [0.1, 0.15) is 37.4 Å². The number of hydrogen-bond donors (Lipinski definition) is 1. The zero-order valence-electron chi connectivity index (χ0n) is 18.1. The maximum absolute atomic E-state index is 13.1. The van der Waals surface area contributed by atoms with Gasteiger partial charge in [0.1, 0.15) is 5.75 Å². The van der Waals surface area contributed by atoms with Gasteiger partial charge in [0.25, 0.3) is 0 Å². The number of nitrogens with zero attached hydrogens (tertiary/aromatic N) is 4. The molecule has 4 rings (SSSR count). The molecular formula is C24H29N5O2. The Labute approximate surface area is 183 Å². The van der Waals surface area contributed by atoms with Gasteiger partial charge < -0.3 is 10.1 Å². The first-order chi connectivity index (χ1) is 15.1. The third kappa shape index (κ3) is 5.11. The Kier molecular flexibility index (Phi) is 6.62. The number of hydrogen-bond acceptors (Lipinski definition) is 5. The van der Waals surface area contributed by atoms with Crippen molar-refractivity contribution in [3.8, 4) is 11.6 Å². The predicted molar refractivity (Wildman–Crippen MR) is 120 cm³/mol. The van der Waals surface area contributed by atoms with Crippen LogP contribution in [0.2, 0.25) is 0 Å². The lowest BCUT2D eigenvalue weighted by Crippen LogP contribution is -2.46. The van der Waals surface area contributed by atoms with Gasteiger partial charge in [-0.05, 0) is 51.4 Å². The lowest BCUT2D eigenvalue weighted by molar-refractivity contribution is -0.122. The quantitative estimate of drug-likeness (QED) is 0.615. The molecule has 1 fully saturated rings. The summed E-state index contributed by atoms with van der Waals surface area (Å²) in [5.74, 6) is 1.23. The number of nitrogens with one attached hydrogen (secondary N) is 1. The molecule has 1 N–H and O–H groups in total. The highest BCUT2D eigenvalue weighted by atomic mass is 16.5. The number of piperidine rings is 1. The highest BCUT2D eigenvalue weighted by molar-refractivity contribution is 5.94. The molecule has 31 heavy (non-hydrogen) atoms. The number of aryl methyl sites for hydroxylation is 1. The van der Waals surface area contributed by atoms with Crippen LogP contribution in [0, 0.1) is 6.92 Å². The van der Waals surface area contributed by atoms with E-state index >= 15 is 0 Å². The fourth-order valence-corrected chi connectivity index (χ4v) is 4.00. The standard InChI is InChI=1S/C24H29N5O2/c1-3-29-18(2)19(15-26-29)17-28-14-8-7-11-22(28)24(30)27-20-12-13-23(25-16-20)31-21-9-5-4-6-10-21/h4-6,9-10,12-13,15-16,22H,3,7-8,11,14,17H2,1-2H3,(H,27,30)/t22-/m0/s1. The van der Waals surface area contributed by atoms with Crippen LogP contribution < -0.4 is 10.1 Å². The molecule has 7 heteroatoms. The van der Waals surface area contributed by atoms with Gasteiger partial charge in [-0.2, -0.15) is 5.10 Å². The number of para-hydroxylation sites is 1.